The summed E-state index contributed by atoms with van der Waals surface area (Å²) in [7, 11) is 0. The lowest BCUT2D eigenvalue weighted by Gasteiger charge is -2.44. The minimum Gasteiger partial charge on any atom is -0.480 e. The summed E-state index contributed by atoms with van der Waals surface area (Å²) in [5, 5.41) is 9.60. The van der Waals surface area contributed by atoms with Gasteiger partial charge in [-0.15, -0.1) is 0 Å². The maximum absolute atomic E-state index is 11.7. The standard InChI is InChI=1S/C15H23N3O3/c1-10(2)21-12-8-11(16-9-17-12)18-7-5-6-15(3,4)13(18)14(19)20/h8-10,13H,5-7H2,1-4H3,(H,19,20). The monoisotopic (exact) mass is 293 g/mol. The van der Waals surface area contributed by atoms with Crippen molar-refractivity contribution in [2.45, 2.75) is 52.7 Å². The van der Waals surface area contributed by atoms with Gasteiger partial charge in [0, 0.05) is 12.6 Å². The van der Waals surface area contributed by atoms with Gasteiger partial charge < -0.3 is 14.7 Å². The van der Waals surface area contributed by atoms with Gasteiger partial charge >= 0.3 is 5.97 Å². The van der Waals surface area contributed by atoms with Crippen LogP contribution in [0.4, 0.5) is 5.82 Å². The fourth-order valence-electron chi connectivity index (χ4n) is 2.90. The first-order valence-corrected chi connectivity index (χ1v) is 7.29. The molecule has 1 aromatic heterocycles. The molecule has 0 aliphatic carbocycles. The molecule has 0 bridgehead atoms. The van der Waals surface area contributed by atoms with E-state index in [4.69, 9.17) is 4.74 Å². The lowest BCUT2D eigenvalue weighted by molar-refractivity contribution is -0.142. The number of hydrogen-bond donors (Lipinski definition) is 1. The number of ether oxygens (including phenoxy) is 1. The summed E-state index contributed by atoms with van der Waals surface area (Å²) >= 11 is 0. The van der Waals surface area contributed by atoms with E-state index in [9.17, 15) is 9.90 Å². The van der Waals surface area contributed by atoms with Crippen LogP contribution in [-0.4, -0.2) is 39.7 Å². The molecule has 1 saturated heterocycles. The molecule has 2 heterocycles. The molecule has 0 amide bonds. The third-order valence-electron chi connectivity index (χ3n) is 3.78. The number of hydrogen-bond acceptors (Lipinski definition) is 5. The third kappa shape index (κ3) is 3.43. The number of aliphatic carboxylic acids is 1. The van der Waals surface area contributed by atoms with E-state index in [-0.39, 0.29) is 11.5 Å². The Labute approximate surface area is 125 Å². The molecule has 2 rings (SSSR count). The second-order valence-corrected chi connectivity index (χ2v) is 6.41. The largest absolute Gasteiger partial charge is 0.480 e. The molecule has 1 aliphatic heterocycles. The molecule has 6 nitrogen and oxygen atoms in total. The van der Waals surface area contributed by atoms with Gasteiger partial charge in [0.15, 0.2) is 0 Å². The van der Waals surface area contributed by atoms with Gasteiger partial charge in [0.2, 0.25) is 5.88 Å². The second kappa shape index (κ2) is 5.87. The first-order valence-electron chi connectivity index (χ1n) is 7.29. The van der Waals surface area contributed by atoms with Crippen LogP contribution < -0.4 is 9.64 Å². The van der Waals surface area contributed by atoms with Crippen LogP contribution in [0.15, 0.2) is 12.4 Å². The SMILES string of the molecule is CC(C)Oc1cc(N2CCCC(C)(C)C2C(=O)O)ncn1. The molecule has 0 saturated carbocycles. The van der Waals surface area contributed by atoms with Crippen molar-refractivity contribution in [1.29, 1.82) is 0 Å². The predicted octanol–water partition coefficient (Wildman–Crippen LogP) is 2.34. The fraction of sp³-hybridized carbons (Fsp3) is 0.667. The van der Waals surface area contributed by atoms with E-state index in [1.165, 1.54) is 6.33 Å². The molecule has 1 aromatic rings. The zero-order valence-electron chi connectivity index (χ0n) is 13.0. The summed E-state index contributed by atoms with van der Waals surface area (Å²) < 4.78 is 5.57. The van der Waals surface area contributed by atoms with Gasteiger partial charge in [0.25, 0.3) is 0 Å². The van der Waals surface area contributed by atoms with Crippen LogP contribution >= 0.6 is 0 Å². The Morgan fingerprint density at radius 1 is 1.48 bits per heavy atom. The highest BCUT2D eigenvalue weighted by Gasteiger charge is 2.43. The number of anilines is 1. The van der Waals surface area contributed by atoms with Crippen LogP contribution in [0.3, 0.4) is 0 Å². The van der Waals surface area contributed by atoms with E-state index in [2.05, 4.69) is 9.97 Å². The van der Waals surface area contributed by atoms with E-state index in [0.717, 1.165) is 12.8 Å². The van der Waals surface area contributed by atoms with E-state index in [1.807, 2.05) is 32.6 Å². The van der Waals surface area contributed by atoms with Gasteiger partial charge in [0.1, 0.15) is 18.2 Å². The van der Waals surface area contributed by atoms with Crippen molar-refractivity contribution in [1.82, 2.24) is 9.97 Å². The molecule has 21 heavy (non-hydrogen) atoms. The fourth-order valence-corrected chi connectivity index (χ4v) is 2.90. The predicted molar refractivity (Wildman–Crippen MR) is 79.6 cm³/mol. The lowest BCUT2D eigenvalue weighted by atomic mass is 9.76. The van der Waals surface area contributed by atoms with Gasteiger partial charge in [-0.05, 0) is 32.1 Å². The number of carbonyl (C=O) groups is 1. The molecule has 0 spiro atoms. The average Bonchev–Trinajstić information content (AvgIpc) is 2.36. The highest BCUT2D eigenvalue weighted by atomic mass is 16.5. The maximum atomic E-state index is 11.7. The molecule has 1 fully saturated rings. The number of piperidine rings is 1. The van der Waals surface area contributed by atoms with E-state index < -0.39 is 12.0 Å². The van der Waals surface area contributed by atoms with Crippen LogP contribution in [0.25, 0.3) is 0 Å². The Bertz CT molecular complexity index is 517. The summed E-state index contributed by atoms with van der Waals surface area (Å²) in [6.45, 7) is 8.51. The quantitative estimate of drug-likeness (QED) is 0.918. The van der Waals surface area contributed by atoms with E-state index in [1.54, 1.807) is 6.07 Å². The first kappa shape index (κ1) is 15.5. The van der Waals surface area contributed by atoms with E-state index in [0.29, 0.717) is 18.2 Å². The number of aromatic nitrogens is 2. The molecule has 0 aromatic carbocycles. The molecule has 116 valence electrons. The van der Waals surface area contributed by atoms with Crippen LogP contribution in [0, 0.1) is 5.41 Å². The normalized spacial score (nSPS) is 21.4. The van der Waals surface area contributed by atoms with Crippen molar-refractivity contribution in [2.75, 3.05) is 11.4 Å². The number of rotatable bonds is 4. The Morgan fingerprint density at radius 3 is 2.81 bits per heavy atom. The van der Waals surface area contributed by atoms with Crippen LogP contribution in [0.2, 0.25) is 0 Å². The second-order valence-electron chi connectivity index (χ2n) is 6.41. The van der Waals surface area contributed by atoms with Crippen molar-refractivity contribution in [3.63, 3.8) is 0 Å². The molecule has 0 radical (unpaired) electrons. The Morgan fingerprint density at radius 2 is 2.19 bits per heavy atom. The van der Waals surface area contributed by atoms with Crippen LogP contribution in [0.1, 0.15) is 40.5 Å². The minimum absolute atomic E-state index is 0.0146. The van der Waals surface area contributed by atoms with Crippen molar-refractivity contribution in [2.24, 2.45) is 5.41 Å². The van der Waals surface area contributed by atoms with Crippen LogP contribution in [0.5, 0.6) is 5.88 Å². The number of carboxylic acid groups (broad SMARTS) is 1. The third-order valence-corrected chi connectivity index (χ3v) is 3.78. The highest BCUT2D eigenvalue weighted by Crippen LogP contribution is 2.37. The molecule has 1 atom stereocenters. The van der Waals surface area contributed by atoms with Gasteiger partial charge in [-0.1, -0.05) is 13.8 Å². The molecule has 1 unspecified atom stereocenters. The van der Waals surface area contributed by atoms with Crippen LogP contribution in [-0.2, 0) is 4.79 Å². The average molecular weight is 293 g/mol. The first-order chi connectivity index (χ1) is 9.81. The van der Waals surface area contributed by atoms with E-state index >= 15 is 0 Å². The summed E-state index contributed by atoms with van der Waals surface area (Å²) in [5.41, 5.74) is -0.298. The molecular weight excluding hydrogens is 270 g/mol. The Kier molecular flexibility index (Phi) is 4.34. The van der Waals surface area contributed by atoms with Crippen molar-refractivity contribution < 1.29 is 14.6 Å². The van der Waals surface area contributed by atoms with Crippen molar-refractivity contribution in [3.05, 3.63) is 12.4 Å². The van der Waals surface area contributed by atoms with Gasteiger partial charge in [0.05, 0.1) is 6.10 Å². The molecular formula is C15H23N3O3. The number of carboxylic acids is 1. The maximum Gasteiger partial charge on any atom is 0.326 e. The zero-order chi connectivity index (χ0) is 15.6. The van der Waals surface area contributed by atoms with Gasteiger partial charge in [-0.25, -0.2) is 14.8 Å². The molecule has 1 N–H and O–H groups in total. The van der Waals surface area contributed by atoms with Crippen molar-refractivity contribution in [3.8, 4) is 5.88 Å². The van der Waals surface area contributed by atoms with Gasteiger partial charge in [-0.2, -0.15) is 0 Å². The number of nitrogens with zero attached hydrogens (tertiary/aromatic N) is 3. The lowest BCUT2D eigenvalue weighted by Crippen LogP contribution is -2.54. The summed E-state index contributed by atoms with van der Waals surface area (Å²) in [6, 6.07) is 1.13. The Hall–Kier alpha value is -1.85. The Balaban J connectivity index is 2.32. The smallest absolute Gasteiger partial charge is 0.326 e. The molecule has 6 heteroatoms. The minimum atomic E-state index is -0.815. The summed E-state index contributed by atoms with van der Waals surface area (Å²) in [4.78, 5) is 21.9. The highest BCUT2D eigenvalue weighted by molar-refractivity contribution is 5.79. The molecule has 1 aliphatic rings. The summed E-state index contributed by atoms with van der Waals surface area (Å²) in [6.07, 6.45) is 3.27. The van der Waals surface area contributed by atoms with Crippen molar-refractivity contribution >= 4 is 11.8 Å². The van der Waals surface area contributed by atoms with Gasteiger partial charge in [-0.3, -0.25) is 0 Å². The zero-order valence-corrected chi connectivity index (χ0v) is 13.0. The topological polar surface area (TPSA) is 75.5 Å². The summed E-state index contributed by atoms with van der Waals surface area (Å²) in [5.74, 6) is 0.271.